The molecule has 0 spiro atoms. The number of benzene rings is 1. The van der Waals surface area contributed by atoms with Crippen molar-refractivity contribution in [2.45, 2.75) is 26.0 Å². The molecule has 1 aliphatic heterocycles. The highest BCUT2D eigenvalue weighted by Crippen LogP contribution is 2.32. The molecule has 1 aromatic rings. The predicted molar refractivity (Wildman–Crippen MR) is 65.5 cm³/mol. The minimum absolute atomic E-state index is 0.363. The van der Waals surface area contributed by atoms with Crippen molar-refractivity contribution in [1.29, 1.82) is 0 Å². The summed E-state index contributed by atoms with van der Waals surface area (Å²) in [7, 11) is 0. The van der Waals surface area contributed by atoms with Crippen molar-refractivity contribution in [3.63, 3.8) is 0 Å². The van der Waals surface area contributed by atoms with E-state index in [1.54, 1.807) is 0 Å². The van der Waals surface area contributed by atoms with Crippen LogP contribution in [0.3, 0.4) is 0 Å². The third-order valence-electron chi connectivity index (χ3n) is 2.67. The number of nitrogens with one attached hydrogen (secondary N) is 1. The van der Waals surface area contributed by atoms with E-state index in [1.165, 1.54) is 0 Å². The van der Waals surface area contributed by atoms with Gasteiger partial charge in [0.2, 0.25) is 0 Å². The van der Waals surface area contributed by atoms with Gasteiger partial charge in [-0.2, -0.15) is 0 Å². The van der Waals surface area contributed by atoms with Gasteiger partial charge in [-0.25, -0.2) is 0 Å². The van der Waals surface area contributed by atoms with Crippen molar-refractivity contribution >= 4 is 0 Å². The van der Waals surface area contributed by atoms with Crippen molar-refractivity contribution in [1.82, 2.24) is 5.32 Å². The molecule has 1 atom stereocenters. The Morgan fingerprint density at radius 3 is 2.65 bits per heavy atom. The molecule has 1 heterocycles. The molecule has 0 amide bonds. The fraction of sp³-hybridized carbons (Fsp3) is 0.538. The minimum atomic E-state index is -0.520. The van der Waals surface area contributed by atoms with Gasteiger partial charge in [-0.15, -0.1) is 0 Å². The molecule has 2 rings (SSSR count). The van der Waals surface area contributed by atoms with E-state index in [2.05, 4.69) is 19.2 Å². The highest BCUT2D eigenvalue weighted by molar-refractivity contribution is 5.44. The Labute approximate surface area is 102 Å². The van der Waals surface area contributed by atoms with Gasteiger partial charge >= 0.3 is 0 Å². The normalized spacial score (nSPS) is 16.0. The Hall–Kier alpha value is -1.26. The fourth-order valence-electron chi connectivity index (χ4n) is 1.73. The molecule has 0 radical (unpaired) electrons. The average molecular weight is 237 g/mol. The van der Waals surface area contributed by atoms with Crippen LogP contribution in [0.2, 0.25) is 0 Å². The largest absolute Gasteiger partial charge is 0.486 e. The highest BCUT2D eigenvalue weighted by Gasteiger charge is 2.15. The SMILES string of the molecule is CC(C)NCC(O)c1ccc2c(c1)OCCO2. The third kappa shape index (κ3) is 3.11. The lowest BCUT2D eigenvalue weighted by molar-refractivity contribution is 0.162. The summed E-state index contributed by atoms with van der Waals surface area (Å²) in [5, 5.41) is 13.2. The zero-order chi connectivity index (χ0) is 12.3. The van der Waals surface area contributed by atoms with Crippen molar-refractivity contribution in [3.8, 4) is 11.5 Å². The molecule has 4 nitrogen and oxygen atoms in total. The van der Waals surface area contributed by atoms with Gasteiger partial charge in [-0.05, 0) is 17.7 Å². The van der Waals surface area contributed by atoms with Gasteiger partial charge in [0, 0.05) is 12.6 Å². The lowest BCUT2D eigenvalue weighted by Gasteiger charge is -2.20. The number of fused-ring (bicyclic) bond motifs is 1. The zero-order valence-electron chi connectivity index (χ0n) is 10.3. The Bertz CT molecular complexity index is 379. The first-order valence-electron chi connectivity index (χ1n) is 5.98. The first-order chi connectivity index (χ1) is 8.16. The van der Waals surface area contributed by atoms with Gasteiger partial charge in [0.1, 0.15) is 13.2 Å². The van der Waals surface area contributed by atoms with Crippen LogP contribution in [-0.4, -0.2) is 30.9 Å². The quantitative estimate of drug-likeness (QED) is 0.833. The van der Waals surface area contributed by atoms with Gasteiger partial charge in [0.05, 0.1) is 6.10 Å². The molecule has 1 aliphatic rings. The van der Waals surface area contributed by atoms with Crippen LogP contribution in [0.1, 0.15) is 25.5 Å². The summed E-state index contributed by atoms with van der Waals surface area (Å²) >= 11 is 0. The number of aliphatic hydroxyl groups is 1. The topological polar surface area (TPSA) is 50.7 Å². The van der Waals surface area contributed by atoms with Crippen LogP contribution in [0.5, 0.6) is 11.5 Å². The minimum Gasteiger partial charge on any atom is -0.486 e. The second-order valence-corrected chi connectivity index (χ2v) is 4.48. The van der Waals surface area contributed by atoms with Crippen LogP contribution >= 0.6 is 0 Å². The van der Waals surface area contributed by atoms with Crippen molar-refractivity contribution in [2.24, 2.45) is 0 Å². The Balaban J connectivity index is 2.05. The molecule has 0 bridgehead atoms. The molecule has 1 unspecified atom stereocenters. The van der Waals surface area contributed by atoms with E-state index in [9.17, 15) is 5.11 Å². The number of rotatable bonds is 4. The predicted octanol–water partition coefficient (Wildman–Crippen LogP) is 1.49. The van der Waals surface area contributed by atoms with Gasteiger partial charge in [0.25, 0.3) is 0 Å². The van der Waals surface area contributed by atoms with Crippen molar-refractivity contribution in [2.75, 3.05) is 19.8 Å². The Morgan fingerprint density at radius 2 is 1.94 bits per heavy atom. The molecular weight excluding hydrogens is 218 g/mol. The average Bonchev–Trinajstić information content (AvgIpc) is 2.35. The van der Waals surface area contributed by atoms with E-state index >= 15 is 0 Å². The van der Waals surface area contributed by atoms with E-state index in [-0.39, 0.29) is 0 Å². The van der Waals surface area contributed by atoms with Crippen molar-refractivity contribution < 1.29 is 14.6 Å². The maximum absolute atomic E-state index is 10.0. The highest BCUT2D eigenvalue weighted by atomic mass is 16.6. The van der Waals surface area contributed by atoms with E-state index < -0.39 is 6.10 Å². The third-order valence-corrected chi connectivity index (χ3v) is 2.67. The molecule has 0 aromatic heterocycles. The van der Waals surface area contributed by atoms with Gasteiger partial charge in [-0.1, -0.05) is 19.9 Å². The Kier molecular flexibility index (Phi) is 3.86. The van der Waals surface area contributed by atoms with Gasteiger partial charge in [0.15, 0.2) is 11.5 Å². The molecule has 17 heavy (non-hydrogen) atoms. The standard InChI is InChI=1S/C13H19NO3/c1-9(2)14-8-11(15)10-3-4-12-13(7-10)17-6-5-16-12/h3-4,7,9,11,14-15H,5-6,8H2,1-2H3. The van der Waals surface area contributed by atoms with E-state index in [4.69, 9.17) is 9.47 Å². The first kappa shape index (κ1) is 12.2. The fourth-order valence-corrected chi connectivity index (χ4v) is 1.73. The summed E-state index contributed by atoms with van der Waals surface area (Å²) in [5.41, 5.74) is 0.849. The summed E-state index contributed by atoms with van der Waals surface area (Å²) < 4.78 is 10.9. The van der Waals surface area contributed by atoms with Crippen LogP contribution in [0.25, 0.3) is 0 Å². The maximum Gasteiger partial charge on any atom is 0.161 e. The molecular formula is C13H19NO3. The summed E-state index contributed by atoms with van der Waals surface area (Å²) in [4.78, 5) is 0. The van der Waals surface area contributed by atoms with Crippen LogP contribution in [0, 0.1) is 0 Å². The molecule has 1 aromatic carbocycles. The second kappa shape index (κ2) is 5.38. The van der Waals surface area contributed by atoms with Crippen LogP contribution < -0.4 is 14.8 Å². The maximum atomic E-state index is 10.0. The smallest absolute Gasteiger partial charge is 0.161 e. The molecule has 4 heteroatoms. The summed E-state index contributed by atoms with van der Waals surface area (Å²) in [6, 6.07) is 5.94. The monoisotopic (exact) mass is 237 g/mol. The number of ether oxygens (including phenoxy) is 2. The summed E-state index contributed by atoms with van der Waals surface area (Å²) in [6.07, 6.45) is -0.520. The van der Waals surface area contributed by atoms with Gasteiger partial charge < -0.3 is 19.9 Å². The van der Waals surface area contributed by atoms with Gasteiger partial charge in [-0.3, -0.25) is 0 Å². The molecule has 94 valence electrons. The number of aliphatic hydroxyl groups excluding tert-OH is 1. The van der Waals surface area contributed by atoms with E-state index in [0.29, 0.717) is 25.8 Å². The molecule has 2 N–H and O–H groups in total. The number of hydrogen-bond acceptors (Lipinski definition) is 4. The molecule has 0 fully saturated rings. The zero-order valence-corrected chi connectivity index (χ0v) is 10.3. The second-order valence-electron chi connectivity index (χ2n) is 4.48. The molecule has 0 saturated carbocycles. The molecule has 0 aliphatic carbocycles. The lowest BCUT2D eigenvalue weighted by Crippen LogP contribution is -2.28. The van der Waals surface area contributed by atoms with Crippen LogP contribution in [0.15, 0.2) is 18.2 Å². The summed E-state index contributed by atoms with van der Waals surface area (Å²) in [6.45, 7) is 5.80. The number of hydrogen-bond donors (Lipinski definition) is 2. The van der Waals surface area contributed by atoms with Crippen LogP contribution in [-0.2, 0) is 0 Å². The molecule has 0 saturated heterocycles. The van der Waals surface area contributed by atoms with E-state index in [0.717, 1.165) is 17.1 Å². The van der Waals surface area contributed by atoms with Crippen LogP contribution in [0.4, 0.5) is 0 Å². The summed E-state index contributed by atoms with van der Waals surface area (Å²) in [5.74, 6) is 1.47. The van der Waals surface area contributed by atoms with Crippen molar-refractivity contribution in [3.05, 3.63) is 23.8 Å². The Morgan fingerprint density at radius 1 is 1.24 bits per heavy atom. The lowest BCUT2D eigenvalue weighted by atomic mass is 10.1. The first-order valence-corrected chi connectivity index (χ1v) is 5.98. The van der Waals surface area contributed by atoms with E-state index in [1.807, 2.05) is 18.2 Å².